The maximum atomic E-state index is 12.0. The van der Waals surface area contributed by atoms with Gasteiger partial charge in [0.05, 0.1) is 17.6 Å². The first-order chi connectivity index (χ1) is 8.92. The number of imidazole rings is 1. The number of hydrogen-bond acceptors (Lipinski definition) is 5. The second-order valence-corrected chi connectivity index (χ2v) is 5.53. The Hall–Kier alpha value is -2.53. The van der Waals surface area contributed by atoms with Crippen LogP contribution in [0, 0.1) is 11.3 Å². The van der Waals surface area contributed by atoms with Crippen molar-refractivity contribution in [2.45, 2.75) is 5.03 Å². The van der Waals surface area contributed by atoms with Gasteiger partial charge < -0.3 is 10.3 Å². The number of nitriles is 1. The first-order valence-electron chi connectivity index (χ1n) is 5.23. The predicted octanol–water partition coefficient (Wildman–Crippen LogP) is 0.675. The minimum Gasteiger partial charge on any atom is -0.399 e. The van der Waals surface area contributed by atoms with E-state index in [-0.39, 0.29) is 16.3 Å². The van der Waals surface area contributed by atoms with Gasteiger partial charge in [-0.1, -0.05) is 0 Å². The van der Waals surface area contributed by atoms with Crippen molar-refractivity contribution in [2.75, 3.05) is 10.5 Å². The number of anilines is 2. The van der Waals surface area contributed by atoms with E-state index in [1.807, 2.05) is 6.07 Å². The molecule has 0 fully saturated rings. The highest BCUT2D eigenvalue weighted by Gasteiger charge is 2.18. The number of benzene rings is 1. The first-order valence-corrected chi connectivity index (χ1v) is 6.71. The van der Waals surface area contributed by atoms with Crippen molar-refractivity contribution < 1.29 is 8.42 Å². The van der Waals surface area contributed by atoms with Crippen LogP contribution in [-0.2, 0) is 17.1 Å². The molecule has 1 aromatic heterocycles. The smallest absolute Gasteiger partial charge is 0.280 e. The summed E-state index contributed by atoms with van der Waals surface area (Å²) in [6.07, 6.45) is 2.74. The summed E-state index contributed by atoms with van der Waals surface area (Å²) >= 11 is 0. The van der Waals surface area contributed by atoms with Crippen molar-refractivity contribution >= 4 is 21.4 Å². The van der Waals surface area contributed by atoms with Gasteiger partial charge in [0, 0.05) is 18.9 Å². The third-order valence-electron chi connectivity index (χ3n) is 2.36. The molecular weight excluding hydrogens is 266 g/mol. The summed E-state index contributed by atoms with van der Waals surface area (Å²) in [6, 6.07) is 6.23. The number of nitrogens with one attached hydrogen (secondary N) is 1. The van der Waals surface area contributed by atoms with Gasteiger partial charge in [-0.3, -0.25) is 4.72 Å². The number of nitrogens with zero attached hydrogens (tertiary/aromatic N) is 3. The first kappa shape index (κ1) is 12.9. The largest absolute Gasteiger partial charge is 0.399 e. The van der Waals surface area contributed by atoms with Gasteiger partial charge in [0.2, 0.25) is 0 Å². The van der Waals surface area contributed by atoms with E-state index in [2.05, 4.69) is 9.71 Å². The van der Waals surface area contributed by atoms with Crippen LogP contribution in [0.2, 0.25) is 0 Å². The Labute approximate surface area is 110 Å². The number of aryl methyl sites for hydroxylation is 1. The number of hydrogen-bond donors (Lipinski definition) is 2. The molecule has 1 heterocycles. The number of nitrogens with two attached hydrogens (primary N) is 1. The van der Waals surface area contributed by atoms with Crippen LogP contribution in [0.25, 0.3) is 0 Å². The molecule has 0 saturated heterocycles. The molecule has 0 saturated carbocycles. The van der Waals surface area contributed by atoms with Gasteiger partial charge >= 0.3 is 0 Å². The third-order valence-corrected chi connectivity index (χ3v) is 3.62. The molecule has 0 spiro atoms. The summed E-state index contributed by atoms with van der Waals surface area (Å²) in [5, 5.41) is 8.84. The SMILES string of the molecule is Cn1cnc(S(=O)(=O)Nc2ccc(N)cc2C#N)c1. The molecule has 0 radical (unpaired) electrons. The molecule has 0 aliphatic carbocycles. The molecule has 0 unspecified atom stereocenters. The fourth-order valence-corrected chi connectivity index (χ4v) is 2.53. The predicted molar refractivity (Wildman–Crippen MR) is 69.6 cm³/mol. The standard InChI is InChI=1S/C11H11N5O2S/c1-16-6-11(14-7-16)19(17,18)15-10-3-2-9(13)4-8(10)5-12/h2-4,6-7,15H,13H2,1H3. The Bertz CT molecular complexity index is 758. The van der Waals surface area contributed by atoms with Crippen LogP contribution in [0.4, 0.5) is 11.4 Å². The molecule has 2 aromatic rings. The summed E-state index contributed by atoms with van der Waals surface area (Å²) in [5.74, 6) is 0. The molecule has 19 heavy (non-hydrogen) atoms. The lowest BCUT2D eigenvalue weighted by Gasteiger charge is -2.07. The minimum absolute atomic E-state index is 0.115. The van der Waals surface area contributed by atoms with Crippen molar-refractivity contribution in [2.24, 2.45) is 7.05 Å². The van der Waals surface area contributed by atoms with Crippen LogP contribution < -0.4 is 10.5 Å². The Morgan fingerprint density at radius 1 is 1.47 bits per heavy atom. The lowest BCUT2D eigenvalue weighted by atomic mass is 10.2. The van der Waals surface area contributed by atoms with Gasteiger partial charge in [-0.05, 0) is 18.2 Å². The summed E-state index contributed by atoms with van der Waals surface area (Å²) in [5.41, 5.74) is 6.24. The zero-order chi connectivity index (χ0) is 14.0. The van der Waals surface area contributed by atoms with E-state index in [9.17, 15) is 8.42 Å². The quantitative estimate of drug-likeness (QED) is 0.800. The maximum Gasteiger partial charge on any atom is 0.280 e. The molecule has 0 aliphatic rings. The Morgan fingerprint density at radius 3 is 2.79 bits per heavy atom. The van der Waals surface area contributed by atoms with Gasteiger partial charge in [0.1, 0.15) is 6.07 Å². The molecule has 98 valence electrons. The van der Waals surface area contributed by atoms with Crippen LogP contribution >= 0.6 is 0 Å². The summed E-state index contributed by atoms with van der Waals surface area (Å²) in [4.78, 5) is 3.76. The fourth-order valence-electron chi connectivity index (χ4n) is 1.47. The number of aromatic nitrogens is 2. The molecule has 1 aromatic carbocycles. The highest BCUT2D eigenvalue weighted by Crippen LogP contribution is 2.21. The lowest BCUT2D eigenvalue weighted by molar-refractivity contribution is 0.598. The monoisotopic (exact) mass is 277 g/mol. The van der Waals surface area contributed by atoms with E-state index < -0.39 is 10.0 Å². The Morgan fingerprint density at radius 2 is 2.21 bits per heavy atom. The molecule has 0 atom stereocenters. The molecular formula is C11H11N5O2S. The van der Waals surface area contributed by atoms with E-state index in [1.54, 1.807) is 7.05 Å². The minimum atomic E-state index is -3.81. The molecule has 7 nitrogen and oxygen atoms in total. The Kier molecular flexibility index (Phi) is 3.14. The molecule has 3 N–H and O–H groups in total. The van der Waals surface area contributed by atoms with Crippen LogP contribution in [0.15, 0.2) is 35.7 Å². The van der Waals surface area contributed by atoms with Crippen LogP contribution in [0.1, 0.15) is 5.56 Å². The fraction of sp³-hybridized carbons (Fsp3) is 0.0909. The van der Waals surface area contributed by atoms with Crippen LogP contribution in [0.5, 0.6) is 0 Å². The second kappa shape index (κ2) is 4.62. The number of sulfonamides is 1. The maximum absolute atomic E-state index is 12.0. The zero-order valence-corrected chi connectivity index (χ0v) is 10.8. The second-order valence-electron chi connectivity index (χ2n) is 3.90. The van der Waals surface area contributed by atoms with Crippen LogP contribution in [0.3, 0.4) is 0 Å². The van der Waals surface area contributed by atoms with E-state index in [0.29, 0.717) is 5.69 Å². The van der Waals surface area contributed by atoms with Gasteiger partial charge in [-0.2, -0.15) is 13.7 Å². The van der Waals surface area contributed by atoms with Gasteiger partial charge in [-0.25, -0.2) is 4.98 Å². The van der Waals surface area contributed by atoms with Gasteiger partial charge in [0.25, 0.3) is 10.0 Å². The number of nitrogen functional groups attached to an aromatic ring is 1. The van der Waals surface area contributed by atoms with Crippen LogP contribution in [-0.4, -0.2) is 18.0 Å². The van der Waals surface area contributed by atoms with E-state index >= 15 is 0 Å². The van der Waals surface area contributed by atoms with Gasteiger partial charge in [0.15, 0.2) is 5.03 Å². The lowest BCUT2D eigenvalue weighted by Crippen LogP contribution is -2.14. The molecule has 0 amide bonds. The average molecular weight is 277 g/mol. The molecule has 8 heteroatoms. The Balaban J connectivity index is 2.39. The summed E-state index contributed by atoms with van der Waals surface area (Å²) in [6.45, 7) is 0. The molecule has 0 bridgehead atoms. The number of rotatable bonds is 3. The van der Waals surface area contributed by atoms with Gasteiger partial charge in [-0.15, -0.1) is 0 Å². The van der Waals surface area contributed by atoms with Crippen molar-refractivity contribution in [1.29, 1.82) is 5.26 Å². The molecule has 0 aliphatic heterocycles. The van der Waals surface area contributed by atoms with E-state index in [1.165, 1.54) is 35.3 Å². The molecule has 2 rings (SSSR count). The normalized spacial score (nSPS) is 10.9. The van der Waals surface area contributed by atoms with Crippen molar-refractivity contribution in [3.05, 3.63) is 36.3 Å². The van der Waals surface area contributed by atoms with Crippen molar-refractivity contribution in [3.8, 4) is 6.07 Å². The topological polar surface area (TPSA) is 114 Å². The van der Waals surface area contributed by atoms with Crippen molar-refractivity contribution in [1.82, 2.24) is 9.55 Å². The highest BCUT2D eigenvalue weighted by molar-refractivity contribution is 7.92. The average Bonchev–Trinajstić information content (AvgIpc) is 2.79. The van der Waals surface area contributed by atoms with E-state index in [4.69, 9.17) is 11.0 Å². The summed E-state index contributed by atoms with van der Waals surface area (Å²) in [7, 11) is -2.15. The summed E-state index contributed by atoms with van der Waals surface area (Å²) < 4.78 is 27.9. The van der Waals surface area contributed by atoms with Crippen molar-refractivity contribution in [3.63, 3.8) is 0 Å². The third kappa shape index (κ3) is 2.66. The van der Waals surface area contributed by atoms with E-state index in [0.717, 1.165) is 0 Å². The highest BCUT2D eigenvalue weighted by atomic mass is 32.2. The zero-order valence-electron chi connectivity index (χ0n) is 10.0.